The second-order valence-electron chi connectivity index (χ2n) is 15.7. The zero-order chi connectivity index (χ0) is 39.9. The summed E-state index contributed by atoms with van der Waals surface area (Å²) in [6.45, 7) is 7.51. The molecule has 6 N–H and O–H groups in total. The van der Waals surface area contributed by atoms with Crippen molar-refractivity contribution in [2.24, 2.45) is 13.0 Å². The highest BCUT2D eigenvalue weighted by Crippen LogP contribution is 2.37. The minimum absolute atomic E-state index is 0.0266. The maximum Gasteiger partial charge on any atom is 0.256 e. The number of hydrogen-bond donors (Lipinski definition) is 6. The zero-order valence-corrected chi connectivity index (χ0v) is 34.2. The number of nitrogens with one attached hydrogen (secondary N) is 6. The van der Waals surface area contributed by atoms with Crippen LogP contribution in [-0.4, -0.2) is 92.6 Å². The van der Waals surface area contributed by atoms with Gasteiger partial charge in [-0.2, -0.15) is 5.10 Å². The van der Waals surface area contributed by atoms with Gasteiger partial charge in [0.1, 0.15) is 6.04 Å². The second-order valence-corrected chi connectivity index (χ2v) is 17.1. The molecule has 2 saturated carbocycles. The average Bonchev–Trinajstić information content (AvgIpc) is 3.70. The number of fused-ring (bicyclic) bond motifs is 1. The molecular formula is C40H54ClN11O4S. The Balaban J connectivity index is 0.710. The van der Waals surface area contributed by atoms with Gasteiger partial charge >= 0.3 is 0 Å². The number of imide groups is 1. The number of thiophene rings is 1. The molecule has 3 fully saturated rings. The van der Waals surface area contributed by atoms with E-state index in [9.17, 15) is 19.2 Å². The minimum Gasteiger partial charge on any atom is -0.383 e. The summed E-state index contributed by atoms with van der Waals surface area (Å²) >= 11 is 8.09. The molecule has 57 heavy (non-hydrogen) atoms. The van der Waals surface area contributed by atoms with Crippen molar-refractivity contribution in [1.29, 1.82) is 0 Å². The zero-order valence-electron chi connectivity index (χ0n) is 32.6. The molecule has 1 saturated heterocycles. The lowest BCUT2D eigenvalue weighted by Crippen LogP contribution is -2.52. The van der Waals surface area contributed by atoms with Crippen molar-refractivity contribution in [1.82, 2.24) is 51.2 Å². The van der Waals surface area contributed by atoms with Crippen LogP contribution in [0.4, 0.5) is 5.95 Å². The normalized spacial score (nSPS) is 20.7. The lowest BCUT2D eigenvalue weighted by molar-refractivity contribution is -0.137. The summed E-state index contributed by atoms with van der Waals surface area (Å²) < 4.78 is 1.93. The first-order chi connectivity index (χ1) is 27.6. The van der Waals surface area contributed by atoms with Crippen LogP contribution >= 0.6 is 22.9 Å². The largest absolute Gasteiger partial charge is 0.383 e. The van der Waals surface area contributed by atoms with E-state index in [4.69, 9.17) is 16.6 Å². The molecule has 4 aliphatic rings. The monoisotopic (exact) mass is 819 g/mol. The molecule has 3 aromatic rings. The lowest BCUT2D eigenvalue weighted by atomic mass is 9.91. The van der Waals surface area contributed by atoms with Gasteiger partial charge in [0.2, 0.25) is 23.7 Å². The Kier molecular flexibility index (Phi) is 13.5. The molecule has 0 bridgehead atoms. The molecule has 17 heteroatoms. The smallest absolute Gasteiger partial charge is 0.256 e. The summed E-state index contributed by atoms with van der Waals surface area (Å²) in [6, 6.07) is -0.0452. The summed E-state index contributed by atoms with van der Waals surface area (Å²) in [5, 5.41) is 26.0. The van der Waals surface area contributed by atoms with E-state index in [2.05, 4.69) is 48.6 Å². The van der Waals surface area contributed by atoms with Gasteiger partial charge in [-0.05, 0) is 82.2 Å². The third-order valence-corrected chi connectivity index (χ3v) is 12.7. The first-order valence-corrected chi connectivity index (χ1v) is 21.5. The van der Waals surface area contributed by atoms with E-state index >= 15 is 0 Å². The van der Waals surface area contributed by atoms with Gasteiger partial charge in [-0.25, -0.2) is 9.97 Å². The maximum absolute atomic E-state index is 13.0. The number of carbonyl (C=O) groups excluding carboxylic acids is 4. The Morgan fingerprint density at radius 1 is 0.982 bits per heavy atom. The van der Waals surface area contributed by atoms with E-state index in [1.807, 2.05) is 23.3 Å². The first-order valence-electron chi connectivity index (χ1n) is 20.3. The Bertz CT molecular complexity index is 1950. The van der Waals surface area contributed by atoms with E-state index in [1.165, 1.54) is 29.9 Å². The number of anilines is 1. The molecule has 306 valence electrons. The van der Waals surface area contributed by atoms with Gasteiger partial charge in [0.25, 0.3) is 5.91 Å². The number of aryl methyl sites for hydroxylation is 1. The topological polar surface area (TPSA) is 187 Å². The minimum atomic E-state index is -0.608. The van der Waals surface area contributed by atoms with Crippen LogP contribution in [0.5, 0.6) is 0 Å². The van der Waals surface area contributed by atoms with Gasteiger partial charge in [0.15, 0.2) is 0 Å². The second kappa shape index (κ2) is 18.9. The van der Waals surface area contributed by atoms with E-state index in [1.54, 1.807) is 11.1 Å². The van der Waals surface area contributed by atoms with Crippen LogP contribution in [0.1, 0.15) is 97.1 Å². The van der Waals surface area contributed by atoms with Crippen molar-refractivity contribution < 1.29 is 19.2 Å². The fourth-order valence-electron chi connectivity index (χ4n) is 7.89. The Morgan fingerprint density at radius 3 is 2.56 bits per heavy atom. The number of hydrogen-bond acceptors (Lipinski definition) is 12. The molecule has 5 heterocycles. The molecule has 2 aliphatic carbocycles. The van der Waals surface area contributed by atoms with Crippen LogP contribution < -0.4 is 31.9 Å². The molecule has 2 aliphatic heterocycles. The van der Waals surface area contributed by atoms with Crippen LogP contribution in [0, 0.1) is 5.92 Å². The predicted octanol–water partition coefficient (Wildman–Crippen LogP) is 3.80. The number of carbonyl (C=O) groups is 4. The van der Waals surface area contributed by atoms with Gasteiger partial charge < -0.3 is 31.5 Å². The Labute approximate surface area is 342 Å². The van der Waals surface area contributed by atoms with Crippen molar-refractivity contribution >= 4 is 52.5 Å². The Morgan fingerprint density at radius 2 is 1.77 bits per heavy atom. The molecule has 0 aromatic carbocycles. The van der Waals surface area contributed by atoms with Crippen molar-refractivity contribution in [3.63, 3.8) is 0 Å². The molecule has 1 atom stereocenters. The Hall–Kier alpha value is -4.38. The van der Waals surface area contributed by atoms with Gasteiger partial charge in [0.05, 0.1) is 35.2 Å². The van der Waals surface area contributed by atoms with Crippen molar-refractivity contribution in [3.8, 4) is 11.3 Å². The fourth-order valence-corrected chi connectivity index (χ4v) is 9.05. The molecule has 4 amide bonds. The highest BCUT2D eigenvalue weighted by Gasteiger charge is 2.40. The van der Waals surface area contributed by atoms with Crippen LogP contribution in [0.15, 0.2) is 30.0 Å². The number of piperidine rings is 1. The molecule has 3 aromatic heterocycles. The third kappa shape index (κ3) is 10.6. The van der Waals surface area contributed by atoms with Crippen LogP contribution in [0.25, 0.3) is 11.3 Å². The molecule has 15 nitrogen and oxygen atoms in total. The number of halogens is 1. The van der Waals surface area contributed by atoms with Crippen LogP contribution in [0.2, 0.25) is 5.02 Å². The highest BCUT2D eigenvalue weighted by atomic mass is 35.5. The summed E-state index contributed by atoms with van der Waals surface area (Å²) in [5.41, 5.74) is 5.32. The number of unbranched alkanes of at least 4 members (excludes halogenated alkanes) is 2. The first kappa shape index (κ1) is 40.8. The van der Waals surface area contributed by atoms with Crippen molar-refractivity contribution in [3.05, 3.63) is 56.8 Å². The summed E-state index contributed by atoms with van der Waals surface area (Å²) in [6.07, 6.45) is 14.4. The van der Waals surface area contributed by atoms with Gasteiger partial charge in [-0.1, -0.05) is 24.6 Å². The number of amides is 4. The van der Waals surface area contributed by atoms with E-state index in [0.717, 1.165) is 91.2 Å². The standard InChI is InChI=1S/C40H54ClN11O4S/c1-24(44-20-34-29-22-52(39(56)30(29)23-57-34)32-12-13-35(53)49-38(32)55)17-42-14-4-3-5-15-43-36(54)21-45-26-8-10-27(11-9-26)48-40-46-19-31(41)37(50-40)28-18-47-51(2)33(28)16-25-6-7-25/h18-19,23,25-27,32,42,44-45H,1,3-17,20-22H2,2H3,(H,43,54)(H,46,48,50)(H,49,53,55). The fraction of sp³-hybridized carbons (Fsp3) is 0.575. The molecule has 1 unspecified atom stereocenters. The summed E-state index contributed by atoms with van der Waals surface area (Å²) in [7, 11) is 1.97. The van der Waals surface area contributed by atoms with E-state index in [0.29, 0.717) is 61.7 Å². The van der Waals surface area contributed by atoms with Gasteiger partial charge in [0, 0.05) is 78.9 Å². The van der Waals surface area contributed by atoms with Crippen LogP contribution in [0.3, 0.4) is 0 Å². The van der Waals surface area contributed by atoms with Crippen molar-refractivity contribution in [2.75, 3.05) is 31.5 Å². The van der Waals surface area contributed by atoms with Crippen molar-refractivity contribution in [2.45, 2.75) is 108 Å². The quantitative estimate of drug-likeness (QED) is 0.0720. The van der Waals surface area contributed by atoms with E-state index < -0.39 is 11.9 Å². The third-order valence-electron chi connectivity index (χ3n) is 11.4. The predicted molar refractivity (Wildman–Crippen MR) is 219 cm³/mol. The van der Waals surface area contributed by atoms with Gasteiger partial charge in [-0.15, -0.1) is 11.3 Å². The average molecular weight is 820 g/mol. The number of rotatable bonds is 20. The SMILES string of the molecule is C=C(CNCCCCCNC(=O)CNC1CCC(Nc2ncc(Cl)c(-c3cnn(C)c3CC3CC3)n2)CC1)NCc1scc2c1CN(C1CCC(=O)NC1=O)C2=O. The molecule has 7 rings (SSSR count). The molecule has 0 radical (unpaired) electrons. The molecular weight excluding hydrogens is 766 g/mol. The maximum atomic E-state index is 13.0. The number of nitrogens with zero attached hydrogens (tertiary/aromatic N) is 5. The van der Waals surface area contributed by atoms with E-state index in [-0.39, 0.29) is 30.2 Å². The highest BCUT2D eigenvalue weighted by molar-refractivity contribution is 7.10. The lowest BCUT2D eigenvalue weighted by Gasteiger charge is -2.29. The molecule has 0 spiro atoms. The van der Waals surface area contributed by atoms with Crippen LogP contribution in [-0.2, 0) is 40.9 Å². The summed E-state index contributed by atoms with van der Waals surface area (Å²) in [5.74, 6) is 0.495. The summed E-state index contributed by atoms with van der Waals surface area (Å²) in [4.78, 5) is 61.3. The number of aromatic nitrogens is 4. The van der Waals surface area contributed by atoms with Gasteiger partial charge in [-0.3, -0.25) is 29.2 Å².